The summed E-state index contributed by atoms with van der Waals surface area (Å²) in [6.07, 6.45) is 1.54. The number of rotatable bonds is 5. The number of aromatic nitrogens is 1. The number of anilines is 1. The summed E-state index contributed by atoms with van der Waals surface area (Å²) in [6.45, 7) is 0.881. The topological polar surface area (TPSA) is 66.5 Å². The first-order chi connectivity index (χ1) is 7.19. The Morgan fingerprint density at radius 2 is 2.27 bits per heavy atom. The normalized spacial score (nSPS) is 12.7. The minimum absolute atomic E-state index is 0.144. The number of pyridine rings is 1. The van der Waals surface area contributed by atoms with Crippen LogP contribution in [0.15, 0.2) is 23.1 Å². The Balaban J connectivity index is 2.79. The van der Waals surface area contributed by atoms with Gasteiger partial charge in [0.1, 0.15) is 0 Å². The minimum Gasteiger partial charge on any atom is -0.394 e. The summed E-state index contributed by atoms with van der Waals surface area (Å²) < 4.78 is 11.6. The van der Waals surface area contributed by atoms with Crippen LogP contribution >= 0.6 is 0 Å². The quantitative estimate of drug-likeness (QED) is 0.751. The van der Waals surface area contributed by atoms with Gasteiger partial charge in [0.2, 0.25) is 0 Å². The molecule has 1 unspecified atom stereocenters. The van der Waals surface area contributed by atoms with Crippen LogP contribution in [0, 0.1) is 0 Å². The largest absolute Gasteiger partial charge is 0.394 e. The van der Waals surface area contributed by atoms with E-state index in [4.69, 9.17) is 15.2 Å². The number of ether oxygens (including phenoxy) is 2. The molecule has 84 valence electrons. The van der Waals surface area contributed by atoms with E-state index in [0.717, 1.165) is 0 Å². The summed E-state index contributed by atoms with van der Waals surface area (Å²) in [5, 5.41) is 0. The molecular formula is C10H16N2O3. The van der Waals surface area contributed by atoms with Gasteiger partial charge in [-0.05, 0) is 12.1 Å². The summed E-state index contributed by atoms with van der Waals surface area (Å²) in [4.78, 5) is 11.6. The fourth-order valence-corrected chi connectivity index (χ4v) is 1.30. The van der Waals surface area contributed by atoms with Crippen molar-refractivity contribution in [3.63, 3.8) is 0 Å². The van der Waals surface area contributed by atoms with Gasteiger partial charge in [0.05, 0.1) is 24.9 Å². The third-order valence-electron chi connectivity index (χ3n) is 2.14. The number of nitrogens with two attached hydrogens (primary N) is 1. The van der Waals surface area contributed by atoms with Crippen molar-refractivity contribution in [3.8, 4) is 0 Å². The highest BCUT2D eigenvalue weighted by Crippen LogP contribution is 1.97. The zero-order valence-electron chi connectivity index (χ0n) is 8.97. The van der Waals surface area contributed by atoms with Crippen molar-refractivity contribution in [2.45, 2.75) is 12.6 Å². The molecule has 0 fully saturated rings. The highest BCUT2D eigenvalue weighted by atomic mass is 16.5. The van der Waals surface area contributed by atoms with Crippen molar-refractivity contribution >= 4 is 5.69 Å². The predicted molar refractivity (Wildman–Crippen MR) is 57.8 cm³/mol. The third-order valence-corrected chi connectivity index (χ3v) is 2.14. The van der Waals surface area contributed by atoms with Crippen molar-refractivity contribution in [2.75, 3.05) is 26.6 Å². The average Bonchev–Trinajstić information content (AvgIpc) is 2.24. The fraction of sp³-hybridized carbons (Fsp3) is 0.500. The molecule has 5 heteroatoms. The van der Waals surface area contributed by atoms with Gasteiger partial charge >= 0.3 is 0 Å². The maximum atomic E-state index is 11.6. The van der Waals surface area contributed by atoms with Crippen molar-refractivity contribution in [2.24, 2.45) is 0 Å². The zero-order valence-corrected chi connectivity index (χ0v) is 8.97. The smallest absolute Gasteiger partial charge is 0.273 e. The van der Waals surface area contributed by atoms with E-state index in [0.29, 0.717) is 13.2 Å². The number of nitrogens with zero attached hydrogens (tertiary/aromatic N) is 1. The summed E-state index contributed by atoms with van der Waals surface area (Å²) in [5.74, 6) is 0. The van der Waals surface area contributed by atoms with E-state index < -0.39 is 0 Å². The second-order valence-electron chi connectivity index (χ2n) is 3.23. The molecule has 0 bridgehead atoms. The van der Waals surface area contributed by atoms with Gasteiger partial charge in [0, 0.05) is 20.4 Å². The summed E-state index contributed by atoms with van der Waals surface area (Å²) in [5.41, 5.74) is 5.55. The molecule has 0 saturated heterocycles. The minimum atomic E-state index is -0.198. The van der Waals surface area contributed by atoms with Crippen LogP contribution in [-0.2, 0) is 16.0 Å². The number of methoxy groups -OCH3 is 2. The molecule has 0 radical (unpaired) electrons. The lowest BCUT2D eigenvalue weighted by Gasteiger charge is -2.15. The van der Waals surface area contributed by atoms with Gasteiger partial charge in [-0.25, -0.2) is 0 Å². The Kier molecular flexibility index (Phi) is 4.33. The highest BCUT2D eigenvalue weighted by molar-refractivity contribution is 5.33. The van der Waals surface area contributed by atoms with E-state index in [2.05, 4.69) is 0 Å². The lowest BCUT2D eigenvalue weighted by molar-refractivity contribution is 0.0178. The van der Waals surface area contributed by atoms with Gasteiger partial charge in [0.15, 0.2) is 0 Å². The Hall–Kier alpha value is -1.33. The highest BCUT2D eigenvalue weighted by Gasteiger charge is 2.09. The molecule has 1 rings (SSSR count). The van der Waals surface area contributed by atoms with Crippen LogP contribution in [0.3, 0.4) is 0 Å². The summed E-state index contributed by atoms with van der Waals surface area (Å²) >= 11 is 0. The van der Waals surface area contributed by atoms with E-state index >= 15 is 0 Å². The van der Waals surface area contributed by atoms with Gasteiger partial charge in [-0.3, -0.25) is 4.79 Å². The molecule has 1 aromatic rings. The molecule has 0 aliphatic rings. The van der Waals surface area contributed by atoms with E-state index in [1.165, 1.54) is 4.57 Å². The van der Waals surface area contributed by atoms with Gasteiger partial charge in [-0.1, -0.05) is 0 Å². The lowest BCUT2D eigenvalue weighted by atomic mass is 10.3. The van der Waals surface area contributed by atoms with Gasteiger partial charge in [0.25, 0.3) is 5.56 Å². The first-order valence-corrected chi connectivity index (χ1v) is 4.65. The molecule has 0 spiro atoms. The Labute approximate surface area is 88.4 Å². The average molecular weight is 212 g/mol. The van der Waals surface area contributed by atoms with Crippen LogP contribution in [0.4, 0.5) is 5.69 Å². The van der Waals surface area contributed by atoms with Crippen molar-refractivity contribution in [1.29, 1.82) is 0 Å². The molecule has 0 aliphatic heterocycles. The van der Waals surface area contributed by atoms with Crippen LogP contribution in [0.5, 0.6) is 0 Å². The SMILES string of the molecule is COCC(Cn1cccc(N)c1=O)OC. The van der Waals surface area contributed by atoms with Crippen LogP contribution in [0.25, 0.3) is 0 Å². The second-order valence-corrected chi connectivity index (χ2v) is 3.23. The third kappa shape index (κ3) is 3.07. The Morgan fingerprint density at radius 3 is 2.87 bits per heavy atom. The first-order valence-electron chi connectivity index (χ1n) is 4.65. The first kappa shape index (κ1) is 11.7. The molecule has 5 nitrogen and oxygen atoms in total. The van der Waals surface area contributed by atoms with Crippen molar-refractivity contribution in [1.82, 2.24) is 4.57 Å². The maximum absolute atomic E-state index is 11.6. The number of hydrogen-bond acceptors (Lipinski definition) is 4. The van der Waals surface area contributed by atoms with Crippen molar-refractivity contribution in [3.05, 3.63) is 28.7 Å². The number of hydrogen-bond donors (Lipinski definition) is 1. The molecule has 0 aliphatic carbocycles. The van der Waals surface area contributed by atoms with Crippen LogP contribution in [-0.4, -0.2) is 31.5 Å². The van der Waals surface area contributed by atoms with Crippen molar-refractivity contribution < 1.29 is 9.47 Å². The van der Waals surface area contributed by atoms with E-state index in [1.54, 1.807) is 32.5 Å². The standard InChI is InChI=1S/C10H16N2O3/c1-14-7-8(15-2)6-12-5-3-4-9(11)10(12)13/h3-5,8H,6-7,11H2,1-2H3. The maximum Gasteiger partial charge on any atom is 0.273 e. The van der Waals surface area contributed by atoms with E-state index in [-0.39, 0.29) is 17.4 Å². The molecular weight excluding hydrogens is 196 g/mol. The van der Waals surface area contributed by atoms with Gasteiger partial charge in [-0.15, -0.1) is 0 Å². The molecule has 0 amide bonds. The fourth-order valence-electron chi connectivity index (χ4n) is 1.30. The van der Waals surface area contributed by atoms with Crippen LogP contribution < -0.4 is 11.3 Å². The Morgan fingerprint density at radius 1 is 1.53 bits per heavy atom. The van der Waals surface area contributed by atoms with Gasteiger partial charge < -0.3 is 19.8 Å². The summed E-state index contributed by atoms with van der Waals surface area (Å²) in [6, 6.07) is 3.31. The Bertz CT molecular complexity index is 362. The molecule has 0 saturated carbocycles. The van der Waals surface area contributed by atoms with E-state index in [1.807, 2.05) is 0 Å². The van der Waals surface area contributed by atoms with Crippen LogP contribution in [0.2, 0.25) is 0 Å². The molecule has 15 heavy (non-hydrogen) atoms. The van der Waals surface area contributed by atoms with E-state index in [9.17, 15) is 4.79 Å². The summed E-state index contributed by atoms with van der Waals surface area (Å²) in [7, 11) is 3.18. The molecule has 1 aromatic heterocycles. The van der Waals surface area contributed by atoms with Gasteiger partial charge in [-0.2, -0.15) is 0 Å². The van der Waals surface area contributed by atoms with Crippen LogP contribution in [0.1, 0.15) is 0 Å². The second kappa shape index (κ2) is 5.53. The lowest BCUT2D eigenvalue weighted by Crippen LogP contribution is -2.31. The monoisotopic (exact) mass is 212 g/mol. The molecule has 1 heterocycles. The predicted octanol–water partition coefficient (Wildman–Crippen LogP) is 0.0919. The number of nitrogen functional groups attached to an aromatic ring is 1. The zero-order chi connectivity index (χ0) is 11.3. The molecule has 0 aromatic carbocycles. The molecule has 2 N–H and O–H groups in total. The molecule has 1 atom stereocenters.